The number of esters is 1. The Morgan fingerprint density at radius 1 is 1.37 bits per heavy atom. The van der Waals surface area contributed by atoms with E-state index in [0.717, 1.165) is 16.8 Å². The van der Waals surface area contributed by atoms with Crippen LogP contribution in [0.15, 0.2) is 23.4 Å². The number of methoxy groups -OCH3 is 1. The van der Waals surface area contributed by atoms with Crippen LogP contribution in [0.4, 0.5) is 0 Å². The smallest absolute Gasteiger partial charge is 0.309 e. The third-order valence-electron chi connectivity index (χ3n) is 4.73. The summed E-state index contributed by atoms with van der Waals surface area (Å²) in [6, 6.07) is 5.64. The number of hydrogen-bond acceptors (Lipinski definition) is 6. The lowest BCUT2D eigenvalue weighted by Crippen LogP contribution is -2.43. The molecule has 1 amide bonds. The monoisotopic (exact) mass is 391 g/mol. The minimum absolute atomic E-state index is 0.0698. The van der Waals surface area contributed by atoms with E-state index in [4.69, 9.17) is 9.47 Å². The van der Waals surface area contributed by atoms with Crippen LogP contribution in [0.5, 0.6) is 5.75 Å². The predicted molar refractivity (Wildman–Crippen MR) is 104 cm³/mol. The number of piperidine rings is 1. The van der Waals surface area contributed by atoms with Crippen LogP contribution >= 0.6 is 11.8 Å². The van der Waals surface area contributed by atoms with Crippen molar-refractivity contribution in [3.05, 3.63) is 18.2 Å². The highest BCUT2D eigenvalue weighted by molar-refractivity contribution is 8.00. The summed E-state index contributed by atoms with van der Waals surface area (Å²) in [5.41, 5.74) is 1.72. The number of likely N-dealkylation sites (tertiary alicyclic amines) is 1. The van der Waals surface area contributed by atoms with Gasteiger partial charge in [-0.2, -0.15) is 0 Å². The predicted octanol–water partition coefficient (Wildman–Crippen LogP) is 2.85. The standard InChI is InChI=1S/C19H25N3O4S/c1-4-26-18(24)13-7-9-22(10-8-13)17(23)12(2)27-19-20-15-6-5-14(25-3)11-16(15)21-19/h5-6,11-13H,4,7-10H2,1-3H3,(H,20,21). The van der Waals surface area contributed by atoms with Gasteiger partial charge in [0.05, 0.1) is 35.9 Å². The molecule has 0 spiro atoms. The Morgan fingerprint density at radius 2 is 2.11 bits per heavy atom. The van der Waals surface area contributed by atoms with Gasteiger partial charge in [0.2, 0.25) is 5.91 Å². The first kappa shape index (κ1) is 19.5. The van der Waals surface area contributed by atoms with E-state index >= 15 is 0 Å². The molecule has 2 aromatic rings. The molecule has 1 aromatic carbocycles. The van der Waals surface area contributed by atoms with Crippen molar-refractivity contribution >= 4 is 34.7 Å². The molecule has 1 saturated heterocycles. The van der Waals surface area contributed by atoms with Gasteiger partial charge >= 0.3 is 5.97 Å². The maximum Gasteiger partial charge on any atom is 0.309 e. The molecule has 1 N–H and O–H groups in total. The summed E-state index contributed by atoms with van der Waals surface area (Å²) >= 11 is 1.41. The van der Waals surface area contributed by atoms with Crippen molar-refractivity contribution < 1.29 is 19.1 Å². The van der Waals surface area contributed by atoms with Gasteiger partial charge in [0.1, 0.15) is 5.75 Å². The van der Waals surface area contributed by atoms with Gasteiger partial charge in [-0.05, 0) is 38.8 Å². The van der Waals surface area contributed by atoms with Crippen LogP contribution in [-0.2, 0) is 14.3 Å². The van der Waals surface area contributed by atoms with E-state index in [2.05, 4.69) is 9.97 Å². The molecule has 2 heterocycles. The maximum absolute atomic E-state index is 12.7. The van der Waals surface area contributed by atoms with Crippen LogP contribution in [0.2, 0.25) is 0 Å². The topological polar surface area (TPSA) is 84.5 Å². The van der Waals surface area contributed by atoms with E-state index < -0.39 is 0 Å². The Balaban J connectivity index is 1.57. The highest BCUT2D eigenvalue weighted by atomic mass is 32.2. The number of benzene rings is 1. The summed E-state index contributed by atoms with van der Waals surface area (Å²) in [4.78, 5) is 34.2. The molecule has 1 aliphatic rings. The largest absolute Gasteiger partial charge is 0.497 e. The summed E-state index contributed by atoms with van der Waals surface area (Å²) in [6.07, 6.45) is 1.32. The fourth-order valence-corrected chi connectivity index (χ4v) is 4.12. The molecule has 0 radical (unpaired) electrons. The van der Waals surface area contributed by atoms with Crippen molar-refractivity contribution in [3.63, 3.8) is 0 Å². The van der Waals surface area contributed by atoms with Crippen LogP contribution in [0.3, 0.4) is 0 Å². The van der Waals surface area contributed by atoms with Gasteiger partial charge in [-0.25, -0.2) is 4.98 Å². The van der Waals surface area contributed by atoms with E-state index in [1.807, 2.05) is 36.9 Å². The molecule has 8 heteroatoms. The van der Waals surface area contributed by atoms with Crippen molar-refractivity contribution in [2.75, 3.05) is 26.8 Å². The fraction of sp³-hybridized carbons (Fsp3) is 0.526. The Kier molecular flexibility index (Phi) is 6.26. The number of aromatic nitrogens is 2. The van der Waals surface area contributed by atoms with Gasteiger partial charge in [-0.3, -0.25) is 9.59 Å². The molecule has 1 atom stereocenters. The quantitative estimate of drug-likeness (QED) is 0.602. The lowest BCUT2D eigenvalue weighted by molar-refractivity contribution is -0.151. The van der Waals surface area contributed by atoms with Crippen LogP contribution in [0.1, 0.15) is 26.7 Å². The number of carbonyl (C=O) groups is 2. The van der Waals surface area contributed by atoms with Crippen molar-refractivity contribution in [1.82, 2.24) is 14.9 Å². The number of thioether (sulfide) groups is 1. The van der Waals surface area contributed by atoms with Crippen LogP contribution in [-0.4, -0.2) is 58.8 Å². The zero-order valence-electron chi connectivity index (χ0n) is 15.9. The minimum Gasteiger partial charge on any atom is -0.497 e. The van der Waals surface area contributed by atoms with Crippen molar-refractivity contribution in [2.45, 2.75) is 37.1 Å². The molecular formula is C19H25N3O4S. The number of imidazole rings is 1. The Hall–Kier alpha value is -2.22. The number of H-pyrrole nitrogens is 1. The van der Waals surface area contributed by atoms with Gasteiger partial charge in [0, 0.05) is 19.2 Å². The van der Waals surface area contributed by atoms with E-state index in [-0.39, 0.29) is 23.0 Å². The number of aromatic amines is 1. The van der Waals surface area contributed by atoms with Crippen molar-refractivity contribution in [3.8, 4) is 5.75 Å². The average Bonchev–Trinajstić information content (AvgIpc) is 3.08. The first-order valence-corrected chi connectivity index (χ1v) is 10.1. The number of rotatable bonds is 6. The first-order chi connectivity index (χ1) is 13.0. The molecule has 27 heavy (non-hydrogen) atoms. The fourth-order valence-electron chi connectivity index (χ4n) is 3.22. The average molecular weight is 391 g/mol. The van der Waals surface area contributed by atoms with Crippen molar-refractivity contribution in [1.29, 1.82) is 0 Å². The molecule has 0 saturated carbocycles. The molecule has 0 aliphatic carbocycles. The molecule has 1 aliphatic heterocycles. The van der Waals surface area contributed by atoms with E-state index in [1.165, 1.54) is 11.8 Å². The number of nitrogens with zero attached hydrogens (tertiary/aromatic N) is 2. The number of hydrogen-bond donors (Lipinski definition) is 1. The SMILES string of the molecule is CCOC(=O)C1CCN(C(=O)C(C)Sc2nc3ccc(OC)cc3[nH]2)CC1. The van der Waals surface area contributed by atoms with E-state index in [1.54, 1.807) is 7.11 Å². The Bertz CT molecular complexity index is 814. The number of amides is 1. The van der Waals surface area contributed by atoms with Crippen LogP contribution < -0.4 is 4.74 Å². The highest BCUT2D eigenvalue weighted by Crippen LogP contribution is 2.28. The lowest BCUT2D eigenvalue weighted by atomic mass is 9.97. The Labute approximate surface area is 162 Å². The van der Waals surface area contributed by atoms with Gasteiger partial charge in [-0.1, -0.05) is 11.8 Å². The zero-order valence-corrected chi connectivity index (χ0v) is 16.7. The maximum atomic E-state index is 12.7. The molecule has 0 bridgehead atoms. The van der Waals surface area contributed by atoms with Crippen LogP contribution in [0, 0.1) is 5.92 Å². The third kappa shape index (κ3) is 4.55. The molecular weight excluding hydrogens is 366 g/mol. The summed E-state index contributed by atoms with van der Waals surface area (Å²) in [6.45, 7) is 5.27. The second kappa shape index (κ2) is 8.65. The second-order valence-electron chi connectivity index (χ2n) is 6.54. The highest BCUT2D eigenvalue weighted by Gasteiger charge is 2.30. The number of carbonyl (C=O) groups excluding carboxylic acids is 2. The number of nitrogens with one attached hydrogen (secondary N) is 1. The van der Waals surface area contributed by atoms with Gasteiger partial charge in [-0.15, -0.1) is 0 Å². The van der Waals surface area contributed by atoms with Gasteiger partial charge in [0.15, 0.2) is 5.16 Å². The molecule has 146 valence electrons. The summed E-state index contributed by atoms with van der Waals surface area (Å²) < 4.78 is 10.3. The van der Waals surface area contributed by atoms with Gasteiger partial charge < -0.3 is 19.4 Å². The van der Waals surface area contributed by atoms with Crippen LogP contribution in [0.25, 0.3) is 11.0 Å². The summed E-state index contributed by atoms with van der Waals surface area (Å²) in [5, 5.41) is 0.451. The third-order valence-corrected chi connectivity index (χ3v) is 5.70. The van der Waals surface area contributed by atoms with Gasteiger partial charge in [0.25, 0.3) is 0 Å². The first-order valence-electron chi connectivity index (χ1n) is 9.17. The second-order valence-corrected chi connectivity index (χ2v) is 7.87. The normalized spacial score (nSPS) is 16.3. The molecule has 1 fully saturated rings. The summed E-state index contributed by atoms with van der Waals surface area (Å²) in [5.74, 6) is 0.587. The minimum atomic E-state index is -0.258. The van der Waals surface area contributed by atoms with Crippen molar-refractivity contribution in [2.24, 2.45) is 5.92 Å². The van der Waals surface area contributed by atoms with E-state index in [9.17, 15) is 9.59 Å². The molecule has 7 nitrogen and oxygen atoms in total. The Morgan fingerprint density at radius 3 is 2.78 bits per heavy atom. The van der Waals surface area contributed by atoms with E-state index in [0.29, 0.717) is 37.7 Å². The molecule has 3 rings (SSSR count). The molecule has 1 aromatic heterocycles. The number of fused-ring (bicyclic) bond motifs is 1. The number of ether oxygens (including phenoxy) is 2. The lowest BCUT2D eigenvalue weighted by Gasteiger charge is -2.32. The zero-order chi connectivity index (χ0) is 19.4. The molecule has 1 unspecified atom stereocenters. The summed E-state index contributed by atoms with van der Waals surface area (Å²) in [7, 11) is 1.62.